The van der Waals surface area contributed by atoms with E-state index in [0.29, 0.717) is 13.0 Å². The van der Waals surface area contributed by atoms with Crippen LogP contribution in [0.4, 0.5) is 5.69 Å². The highest BCUT2D eigenvalue weighted by Crippen LogP contribution is 2.14. The zero-order valence-corrected chi connectivity index (χ0v) is 13.4. The van der Waals surface area contributed by atoms with E-state index in [1.54, 1.807) is 0 Å². The minimum atomic E-state index is 0. The minimum Gasteiger partial charge on any atom is -0.330 e. The number of carbonyl (C=O) groups is 1. The first kappa shape index (κ1) is 18.9. The Labute approximate surface area is 128 Å². The van der Waals surface area contributed by atoms with Gasteiger partial charge in [-0.1, -0.05) is 32.0 Å². The van der Waals surface area contributed by atoms with Gasteiger partial charge in [0.1, 0.15) is 0 Å². The summed E-state index contributed by atoms with van der Waals surface area (Å²) < 4.78 is 0. The monoisotopic (exact) mass is 299 g/mol. The van der Waals surface area contributed by atoms with E-state index in [-0.39, 0.29) is 23.7 Å². The number of hydrogen-bond donors (Lipinski definition) is 2. The fraction of sp³-hybridized carbons (Fsp3) is 0.533. The van der Waals surface area contributed by atoms with Gasteiger partial charge in [0.15, 0.2) is 0 Å². The van der Waals surface area contributed by atoms with Crippen LogP contribution in [0.2, 0.25) is 0 Å². The van der Waals surface area contributed by atoms with Crippen LogP contribution in [0.25, 0.3) is 0 Å². The van der Waals surface area contributed by atoms with Crippen LogP contribution < -0.4 is 11.1 Å². The Morgan fingerprint density at radius 1 is 1.30 bits per heavy atom. The molecule has 0 bridgehead atoms. The molecule has 1 aromatic carbocycles. The van der Waals surface area contributed by atoms with Crippen LogP contribution in [0, 0.1) is 5.41 Å². The number of anilines is 1. The Morgan fingerprint density at radius 2 is 1.90 bits per heavy atom. The summed E-state index contributed by atoms with van der Waals surface area (Å²) in [7, 11) is 2.02. The molecule has 0 spiro atoms. The van der Waals surface area contributed by atoms with Crippen molar-refractivity contribution in [1.29, 1.82) is 0 Å². The molecule has 0 aromatic heterocycles. The van der Waals surface area contributed by atoms with E-state index < -0.39 is 0 Å². The molecular formula is C15H26ClN3O. The van der Waals surface area contributed by atoms with Gasteiger partial charge in [0.2, 0.25) is 5.91 Å². The number of benzene rings is 1. The van der Waals surface area contributed by atoms with E-state index >= 15 is 0 Å². The number of nitrogens with one attached hydrogen (secondary N) is 1. The topological polar surface area (TPSA) is 58.4 Å². The third-order valence-electron chi connectivity index (χ3n) is 3.03. The molecule has 0 saturated carbocycles. The molecule has 1 rings (SSSR count). The lowest BCUT2D eigenvalue weighted by molar-refractivity contribution is -0.116. The van der Waals surface area contributed by atoms with Crippen molar-refractivity contribution >= 4 is 24.0 Å². The number of nitrogens with two attached hydrogens (primary N) is 1. The van der Waals surface area contributed by atoms with Crippen molar-refractivity contribution in [2.45, 2.75) is 20.3 Å². The van der Waals surface area contributed by atoms with Gasteiger partial charge in [-0.2, -0.15) is 0 Å². The summed E-state index contributed by atoms with van der Waals surface area (Å²) >= 11 is 0. The van der Waals surface area contributed by atoms with Gasteiger partial charge in [0.05, 0.1) is 0 Å². The maximum absolute atomic E-state index is 11.8. The van der Waals surface area contributed by atoms with E-state index in [0.717, 1.165) is 18.8 Å². The molecule has 5 heteroatoms. The lowest BCUT2D eigenvalue weighted by Gasteiger charge is -2.28. The van der Waals surface area contributed by atoms with Crippen LogP contribution in [0.1, 0.15) is 20.3 Å². The number of nitrogens with zero attached hydrogens (tertiary/aromatic N) is 1. The van der Waals surface area contributed by atoms with Crippen LogP contribution in [-0.4, -0.2) is 37.5 Å². The van der Waals surface area contributed by atoms with E-state index in [2.05, 4.69) is 24.1 Å². The van der Waals surface area contributed by atoms with Gasteiger partial charge in [-0.3, -0.25) is 4.79 Å². The zero-order valence-electron chi connectivity index (χ0n) is 12.6. The predicted molar refractivity (Wildman–Crippen MR) is 87.3 cm³/mol. The fourth-order valence-corrected chi connectivity index (χ4v) is 1.91. The van der Waals surface area contributed by atoms with Crippen molar-refractivity contribution in [3.63, 3.8) is 0 Å². The molecule has 0 heterocycles. The largest absolute Gasteiger partial charge is 0.330 e. The van der Waals surface area contributed by atoms with E-state index in [9.17, 15) is 4.79 Å². The van der Waals surface area contributed by atoms with Gasteiger partial charge in [-0.15, -0.1) is 12.4 Å². The summed E-state index contributed by atoms with van der Waals surface area (Å²) in [4.78, 5) is 13.9. The summed E-state index contributed by atoms with van der Waals surface area (Å²) in [6.07, 6.45) is 0.492. The van der Waals surface area contributed by atoms with E-state index in [1.807, 2.05) is 37.4 Å². The van der Waals surface area contributed by atoms with Gasteiger partial charge >= 0.3 is 0 Å². The Hall–Kier alpha value is -1.10. The average molecular weight is 300 g/mol. The second-order valence-electron chi connectivity index (χ2n) is 5.77. The standard InChI is InChI=1S/C15H25N3O.ClH/c1-15(2,11-16)12-18(3)10-9-14(19)17-13-7-5-4-6-8-13;/h4-8H,9-12,16H2,1-3H3,(H,17,19);1H. The second kappa shape index (κ2) is 8.95. The van der Waals surface area contributed by atoms with Gasteiger partial charge in [-0.25, -0.2) is 0 Å². The van der Waals surface area contributed by atoms with E-state index in [4.69, 9.17) is 5.73 Å². The molecule has 0 atom stereocenters. The first-order chi connectivity index (χ1) is 8.93. The molecule has 20 heavy (non-hydrogen) atoms. The number of hydrogen-bond acceptors (Lipinski definition) is 3. The van der Waals surface area contributed by atoms with Crippen LogP contribution in [-0.2, 0) is 4.79 Å². The molecule has 114 valence electrons. The Morgan fingerprint density at radius 3 is 2.45 bits per heavy atom. The van der Waals surface area contributed by atoms with Gasteiger partial charge in [0, 0.05) is 25.2 Å². The Kier molecular flexibility index (Phi) is 8.46. The maximum atomic E-state index is 11.8. The SMILES string of the molecule is CN(CCC(=O)Nc1ccccc1)CC(C)(C)CN.Cl. The summed E-state index contributed by atoms with van der Waals surface area (Å²) in [5.74, 6) is 0.0450. The van der Waals surface area contributed by atoms with Crippen molar-refractivity contribution in [2.75, 3.05) is 32.0 Å². The third kappa shape index (κ3) is 7.48. The molecule has 4 nitrogen and oxygen atoms in total. The Balaban J connectivity index is 0.00000361. The highest BCUT2D eigenvalue weighted by atomic mass is 35.5. The van der Waals surface area contributed by atoms with Crippen molar-refractivity contribution in [3.8, 4) is 0 Å². The summed E-state index contributed by atoms with van der Waals surface area (Å²) in [5.41, 5.74) is 6.64. The van der Waals surface area contributed by atoms with Crippen LogP contribution in [0.3, 0.4) is 0 Å². The average Bonchev–Trinajstić information content (AvgIpc) is 2.37. The second-order valence-corrected chi connectivity index (χ2v) is 5.77. The molecular weight excluding hydrogens is 274 g/mol. The first-order valence-electron chi connectivity index (χ1n) is 6.66. The molecule has 0 unspecified atom stereocenters. The first-order valence-corrected chi connectivity index (χ1v) is 6.66. The molecule has 0 radical (unpaired) electrons. The molecule has 0 fully saturated rings. The Bertz CT molecular complexity index is 395. The molecule has 0 aliphatic carbocycles. The lowest BCUT2D eigenvalue weighted by Crippen LogP contribution is -2.37. The molecule has 1 aromatic rings. The third-order valence-corrected chi connectivity index (χ3v) is 3.03. The number of carbonyl (C=O) groups excluding carboxylic acids is 1. The molecule has 0 saturated heterocycles. The zero-order chi connectivity index (χ0) is 14.3. The van der Waals surface area contributed by atoms with Crippen LogP contribution in [0.15, 0.2) is 30.3 Å². The van der Waals surface area contributed by atoms with Crippen LogP contribution in [0.5, 0.6) is 0 Å². The van der Waals surface area contributed by atoms with Gasteiger partial charge in [-0.05, 0) is 31.1 Å². The van der Waals surface area contributed by atoms with Crippen molar-refractivity contribution in [2.24, 2.45) is 11.1 Å². The normalized spacial score (nSPS) is 11.1. The quantitative estimate of drug-likeness (QED) is 0.812. The summed E-state index contributed by atoms with van der Waals surface area (Å²) in [6.45, 7) is 6.54. The lowest BCUT2D eigenvalue weighted by atomic mass is 9.93. The fourth-order valence-electron chi connectivity index (χ4n) is 1.91. The number of halogens is 1. The van der Waals surface area contributed by atoms with Gasteiger partial charge < -0.3 is 16.0 Å². The minimum absolute atomic E-state index is 0. The van der Waals surface area contributed by atoms with Crippen molar-refractivity contribution in [3.05, 3.63) is 30.3 Å². The molecule has 1 amide bonds. The van der Waals surface area contributed by atoms with Crippen LogP contribution >= 0.6 is 12.4 Å². The van der Waals surface area contributed by atoms with Gasteiger partial charge in [0.25, 0.3) is 0 Å². The number of para-hydroxylation sites is 1. The number of rotatable bonds is 7. The van der Waals surface area contributed by atoms with Crippen molar-refractivity contribution in [1.82, 2.24) is 4.90 Å². The van der Waals surface area contributed by atoms with E-state index in [1.165, 1.54) is 0 Å². The molecule has 0 aliphatic heterocycles. The highest BCUT2D eigenvalue weighted by molar-refractivity contribution is 5.90. The molecule has 0 aliphatic rings. The number of amides is 1. The summed E-state index contributed by atoms with van der Waals surface area (Å²) in [6, 6.07) is 9.52. The summed E-state index contributed by atoms with van der Waals surface area (Å²) in [5, 5.41) is 2.88. The highest BCUT2D eigenvalue weighted by Gasteiger charge is 2.18. The molecule has 3 N–H and O–H groups in total. The maximum Gasteiger partial charge on any atom is 0.225 e. The predicted octanol–water partition coefficient (Wildman–Crippen LogP) is 2.35. The smallest absolute Gasteiger partial charge is 0.225 e. The van der Waals surface area contributed by atoms with Crippen molar-refractivity contribution < 1.29 is 4.79 Å².